The number of benzene rings is 1. The summed E-state index contributed by atoms with van der Waals surface area (Å²) in [6.45, 7) is 5.32. The molecule has 5 heteroatoms. The van der Waals surface area contributed by atoms with Crippen molar-refractivity contribution in [2.75, 3.05) is 5.32 Å². The van der Waals surface area contributed by atoms with Crippen molar-refractivity contribution in [3.63, 3.8) is 0 Å². The van der Waals surface area contributed by atoms with Crippen LogP contribution in [0.1, 0.15) is 63.2 Å². The van der Waals surface area contributed by atoms with Crippen molar-refractivity contribution in [1.82, 2.24) is 0 Å². The Hall–Kier alpha value is -2.17. The molecule has 24 heavy (non-hydrogen) atoms. The Kier molecular flexibility index (Phi) is 5.75. The van der Waals surface area contributed by atoms with Crippen molar-refractivity contribution >= 4 is 23.3 Å². The van der Waals surface area contributed by atoms with Gasteiger partial charge in [-0.2, -0.15) is 0 Å². The molecule has 0 aliphatic heterocycles. The van der Waals surface area contributed by atoms with Crippen molar-refractivity contribution in [2.45, 2.75) is 58.5 Å². The van der Waals surface area contributed by atoms with Crippen molar-refractivity contribution in [1.29, 1.82) is 0 Å². The molecule has 130 valence electrons. The molecular formula is C19H25NO4. The van der Waals surface area contributed by atoms with E-state index in [1.165, 1.54) is 6.07 Å². The summed E-state index contributed by atoms with van der Waals surface area (Å²) < 4.78 is 5.18. The van der Waals surface area contributed by atoms with Crippen LogP contribution < -0.4 is 5.32 Å². The van der Waals surface area contributed by atoms with Crippen LogP contribution in [0.15, 0.2) is 24.3 Å². The summed E-state index contributed by atoms with van der Waals surface area (Å²) in [4.78, 5) is 36.6. The summed E-state index contributed by atoms with van der Waals surface area (Å²) in [5, 5.41) is 2.59. The number of ketones is 2. The Morgan fingerprint density at radius 3 is 2.38 bits per heavy atom. The summed E-state index contributed by atoms with van der Waals surface area (Å²) in [7, 11) is 0. The molecule has 5 nitrogen and oxygen atoms in total. The lowest BCUT2D eigenvalue weighted by atomic mass is 9.84. The SMILES string of the molecule is CC(C)(C)OC(=O)Nc1cccc(C(=O)C(=O)C2CCCCC2)c1. The van der Waals surface area contributed by atoms with Crippen LogP contribution in [0, 0.1) is 5.92 Å². The van der Waals surface area contributed by atoms with Crippen LogP contribution in [0.4, 0.5) is 10.5 Å². The lowest BCUT2D eigenvalue weighted by Crippen LogP contribution is -2.27. The quantitative estimate of drug-likeness (QED) is 0.657. The van der Waals surface area contributed by atoms with E-state index in [1.54, 1.807) is 39.0 Å². The first kappa shape index (κ1) is 18.2. The summed E-state index contributed by atoms with van der Waals surface area (Å²) in [5.74, 6) is -0.951. The molecule has 2 rings (SSSR count). The standard InChI is InChI=1S/C19H25NO4/c1-19(2,3)24-18(23)20-15-11-7-10-14(12-15)17(22)16(21)13-8-5-4-6-9-13/h7,10-13H,4-6,8-9H2,1-3H3,(H,20,23). The molecule has 0 aromatic heterocycles. The lowest BCUT2D eigenvalue weighted by Gasteiger charge is -2.20. The van der Waals surface area contributed by atoms with Gasteiger partial charge in [0.15, 0.2) is 0 Å². The molecule has 1 N–H and O–H groups in total. The number of rotatable bonds is 4. The van der Waals surface area contributed by atoms with E-state index in [9.17, 15) is 14.4 Å². The van der Waals surface area contributed by atoms with Crippen LogP contribution in [-0.2, 0) is 9.53 Å². The van der Waals surface area contributed by atoms with Crippen molar-refractivity contribution in [3.8, 4) is 0 Å². The zero-order valence-electron chi connectivity index (χ0n) is 14.6. The third-order valence-electron chi connectivity index (χ3n) is 3.97. The molecule has 1 aliphatic rings. The van der Waals surface area contributed by atoms with Gasteiger partial charge in [0, 0.05) is 17.2 Å². The highest BCUT2D eigenvalue weighted by Gasteiger charge is 2.27. The Labute approximate surface area is 142 Å². The minimum absolute atomic E-state index is 0.159. The van der Waals surface area contributed by atoms with Crippen molar-refractivity contribution < 1.29 is 19.1 Å². The van der Waals surface area contributed by atoms with Gasteiger partial charge in [-0.15, -0.1) is 0 Å². The fraction of sp³-hybridized carbons (Fsp3) is 0.526. The van der Waals surface area contributed by atoms with E-state index in [2.05, 4.69) is 5.32 Å². The summed E-state index contributed by atoms with van der Waals surface area (Å²) in [6, 6.07) is 6.43. The van der Waals surface area contributed by atoms with Crippen molar-refractivity contribution in [2.24, 2.45) is 5.92 Å². The van der Waals surface area contributed by atoms with Crippen LogP contribution in [0.25, 0.3) is 0 Å². The molecule has 1 aromatic carbocycles. The zero-order chi connectivity index (χ0) is 17.7. The molecular weight excluding hydrogens is 306 g/mol. The van der Waals surface area contributed by atoms with Gasteiger partial charge < -0.3 is 4.74 Å². The van der Waals surface area contributed by atoms with Gasteiger partial charge in [-0.05, 0) is 45.7 Å². The third kappa shape index (κ3) is 5.18. The Balaban J connectivity index is 2.05. The molecule has 1 amide bonds. The number of amides is 1. The minimum atomic E-state index is -0.603. The third-order valence-corrected chi connectivity index (χ3v) is 3.97. The molecule has 1 saturated carbocycles. The minimum Gasteiger partial charge on any atom is -0.444 e. The average Bonchev–Trinajstić information content (AvgIpc) is 2.52. The largest absolute Gasteiger partial charge is 0.444 e. The second-order valence-electron chi connectivity index (χ2n) is 7.24. The predicted molar refractivity (Wildman–Crippen MR) is 92.2 cm³/mol. The molecule has 1 aliphatic carbocycles. The summed E-state index contributed by atoms with van der Waals surface area (Å²) >= 11 is 0. The van der Waals surface area contributed by atoms with Gasteiger partial charge >= 0.3 is 6.09 Å². The van der Waals surface area contributed by atoms with E-state index < -0.39 is 17.5 Å². The second kappa shape index (κ2) is 7.60. The monoisotopic (exact) mass is 331 g/mol. The van der Waals surface area contributed by atoms with Crippen LogP contribution in [0.5, 0.6) is 0 Å². The summed E-state index contributed by atoms with van der Waals surface area (Å²) in [6.07, 6.45) is 4.13. The Bertz CT molecular complexity index is 624. The molecule has 1 aromatic rings. The number of ether oxygens (including phenoxy) is 1. The van der Waals surface area contributed by atoms with Crippen LogP contribution >= 0.6 is 0 Å². The molecule has 0 saturated heterocycles. The second-order valence-corrected chi connectivity index (χ2v) is 7.24. The molecule has 0 spiro atoms. The molecule has 0 atom stereocenters. The topological polar surface area (TPSA) is 72.5 Å². The van der Waals surface area contributed by atoms with E-state index in [1.807, 2.05) is 0 Å². The zero-order valence-corrected chi connectivity index (χ0v) is 14.6. The van der Waals surface area contributed by atoms with E-state index in [0.717, 1.165) is 32.1 Å². The van der Waals surface area contributed by atoms with Gasteiger partial charge in [0.25, 0.3) is 0 Å². The van der Waals surface area contributed by atoms with Crippen molar-refractivity contribution in [3.05, 3.63) is 29.8 Å². The van der Waals surface area contributed by atoms with Gasteiger partial charge in [0.1, 0.15) is 5.60 Å². The first-order valence-electron chi connectivity index (χ1n) is 8.45. The first-order valence-corrected chi connectivity index (χ1v) is 8.45. The van der Waals surface area contributed by atoms with E-state index in [0.29, 0.717) is 11.3 Å². The van der Waals surface area contributed by atoms with Gasteiger partial charge in [-0.1, -0.05) is 31.4 Å². The van der Waals surface area contributed by atoms with Gasteiger partial charge in [-0.3, -0.25) is 14.9 Å². The number of Topliss-reactive ketones (excluding diaryl/α,β-unsaturated/α-hetero) is 2. The number of carbonyl (C=O) groups is 3. The first-order chi connectivity index (χ1) is 11.3. The molecule has 1 fully saturated rings. The normalized spacial score (nSPS) is 15.6. The highest BCUT2D eigenvalue weighted by molar-refractivity contribution is 6.44. The van der Waals surface area contributed by atoms with E-state index >= 15 is 0 Å². The number of anilines is 1. The van der Waals surface area contributed by atoms with E-state index in [4.69, 9.17) is 4.74 Å². The van der Waals surface area contributed by atoms with Gasteiger partial charge in [0.05, 0.1) is 0 Å². The number of carbonyl (C=O) groups excluding carboxylic acids is 3. The Morgan fingerprint density at radius 2 is 1.75 bits per heavy atom. The van der Waals surface area contributed by atoms with E-state index in [-0.39, 0.29) is 11.7 Å². The maximum absolute atomic E-state index is 12.4. The smallest absolute Gasteiger partial charge is 0.412 e. The van der Waals surface area contributed by atoms with Crippen LogP contribution in [0.2, 0.25) is 0 Å². The number of hydrogen-bond acceptors (Lipinski definition) is 4. The molecule has 0 unspecified atom stereocenters. The van der Waals surface area contributed by atoms with Gasteiger partial charge in [0.2, 0.25) is 11.6 Å². The maximum Gasteiger partial charge on any atom is 0.412 e. The highest BCUT2D eigenvalue weighted by atomic mass is 16.6. The fourth-order valence-electron chi connectivity index (χ4n) is 2.85. The summed E-state index contributed by atoms with van der Waals surface area (Å²) in [5.41, 5.74) is 0.139. The van der Waals surface area contributed by atoms with Gasteiger partial charge in [-0.25, -0.2) is 4.79 Å². The molecule has 0 heterocycles. The highest BCUT2D eigenvalue weighted by Crippen LogP contribution is 2.26. The molecule has 0 radical (unpaired) electrons. The lowest BCUT2D eigenvalue weighted by molar-refractivity contribution is -0.119. The Morgan fingerprint density at radius 1 is 1.08 bits per heavy atom. The predicted octanol–water partition coefficient (Wildman–Crippen LogP) is 4.37. The maximum atomic E-state index is 12.4. The number of hydrogen-bond donors (Lipinski definition) is 1. The van der Waals surface area contributed by atoms with Crippen LogP contribution in [-0.4, -0.2) is 23.3 Å². The fourth-order valence-corrected chi connectivity index (χ4v) is 2.85. The van der Waals surface area contributed by atoms with Crippen LogP contribution in [0.3, 0.4) is 0 Å². The molecule has 0 bridgehead atoms. The average molecular weight is 331 g/mol. The number of nitrogens with one attached hydrogen (secondary N) is 1.